The minimum atomic E-state index is -0.858. The lowest BCUT2D eigenvalue weighted by Gasteiger charge is -2.37. The predicted molar refractivity (Wildman–Crippen MR) is 123 cm³/mol. The first-order valence-corrected chi connectivity index (χ1v) is 10.9. The van der Waals surface area contributed by atoms with Crippen molar-refractivity contribution in [1.82, 2.24) is 19.8 Å². The number of aromatic nitrogens is 2. The number of rotatable bonds is 7. The second kappa shape index (κ2) is 9.50. The van der Waals surface area contributed by atoms with Crippen molar-refractivity contribution in [1.29, 1.82) is 0 Å². The highest BCUT2D eigenvalue weighted by Crippen LogP contribution is 2.31. The summed E-state index contributed by atoms with van der Waals surface area (Å²) in [5, 5.41) is 13.8. The van der Waals surface area contributed by atoms with E-state index in [1.807, 2.05) is 49.2 Å². The van der Waals surface area contributed by atoms with Gasteiger partial charge >= 0.3 is 5.97 Å². The number of carboxylic acids is 1. The first-order chi connectivity index (χ1) is 15.4. The molecule has 4 rings (SSSR count). The molecule has 1 aliphatic rings. The van der Waals surface area contributed by atoms with Crippen LogP contribution in [0, 0.1) is 5.92 Å². The molecule has 1 fully saturated rings. The van der Waals surface area contributed by atoms with Crippen molar-refractivity contribution in [3.8, 4) is 0 Å². The average molecular weight is 436 g/mol. The molecule has 1 saturated heterocycles. The Morgan fingerprint density at radius 2 is 1.97 bits per heavy atom. The summed E-state index contributed by atoms with van der Waals surface area (Å²) in [5.41, 5.74) is 3.41. The van der Waals surface area contributed by atoms with Gasteiger partial charge in [0.1, 0.15) is 6.04 Å². The molecule has 1 amide bonds. The summed E-state index contributed by atoms with van der Waals surface area (Å²) in [6, 6.07) is 8.83. The minimum absolute atomic E-state index is 0.0521. The van der Waals surface area contributed by atoms with Gasteiger partial charge in [-0.2, -0.15) is 0 Å². The number of H-pyrrole nitrogens is 1. The summed E-state index contributed by atoms with van der Waals surface area (Å²) in [5.74, 6) is -1.02. The van der Waals surface area contributed by atoms with Gasteiger partial charge in [-0.1, -0.05) is 26.0 Å². The van der Waals surface area contributed by atoms with Crippen LogP contribution in [0.1, 0.15) is 31.0 Å². The van der Waals surface area contributed by atoms with E-state index in [9.17, 15) is 14.7 Å². The fourth-order valence-corrected chi connectivity index (χ4v) is 4.15. The van der Waals surface area contributed by atoms with Crippen molar-refractivity contribution in [3.05, 3.63) is 60.0 Å². The molecule has 1 aliphatic heterocycles. The third kappa shape index (κ3) is 4.81. The molecule has 8 heteroatoms. The summed E-state index contributed by atoms with van der Waals surface area (Å²) in [7, 11) is 0. The van der Waals surface area contributed by atoms with E-state index in [1.54, 1.807) is 12.4 Å². The predicted octanol–water partition coefficient (Wildman–Crippen LogP) is 3.10. The smallest absolute Gasteiger partial charge is 0.325 e. The van der Waals surface area contributed by atoms with Crippen molar-refractivity contribution in [3.63, 3.8) is 0 Å². The van der Waals surface area contributed by atoms with Gasteiger partial charge in [0.2, 0.25) is 5.91 Å². The SMILES string of the molecule is CC(C)C(=O)Nc1ccc2c([C@H](C(=O)O)N3CCN(Cc4cccnc4)CC3)c[nH]c2c1. The Hall–Kier alpha value is -3.23. The molecule has 3 aromatic rings. The Labute approximate surface area is 187 Å². The molecule has 1 atom stereocenters. The fraction of sp³-hybridized carbons (Fsp3) is 0.375. The monoisotopic (exact) mass is 435 g/mol. The first-order valence-electron chi connectivity index (χ1n) is 10.9. The van der Waals surface area contributed by atoms with Gasteiger partial charge in [0.25, 0.3) is 0 Å². The van der Waals surface area contributed by atoms with Crippen LogP contribution in [0.3, 0.4) is 0 Å². The van der Waals surface area contributed by atoms with E-state index in [0.717, 1.165) is 41.7 Å². The number of hydrogen-bond donors (Lipinski definition) is 3. The van der Waals surface area contributed by atoms with E-state index in [2.05, 4.69) is 26.3 Å². The van der Waals surface area contributed by atoms with Crippen LogP contribution >= 0.6 is 0 Å². The Balaban J connectivity index is 1.48. The highest BCUT2D eigenvalue weighted by atomic mass is 16.4. The van der Waals surface area contributed by atoms with E-state index in [-0.39, 0.29) is 11.8 Å². The highest BCUT2D eigenvalue weighted by molar-refractivity contribution is 5.96. The summed E-state index contributed by atoms with van der Waals surface area (Å²) >= 11 is 0. The molecule has 0 saturated carbocycles. The van der Waals surface area contributed by atoms with Gasteiger partial charge in [0.05, 0.1) is 0 Å². The Morgan fingerprint density at radius 1 is 1.19 bits per heavy atom. The van der Waals surface area contributed by atoms with Crippen molar-refractivity contribution in [2.24, 2.45) is 5.92 Å². The van der Waals surface area contributed by atoms with E-state index in [4.69, 9.17) is 0 Å². The van der Waals surface area contributed by atoms with E-state index in [1.165, 1.54) is 0 Å². The number of fused-ring (bicyclic) bond motifs is 1. The average Bonchev–Trinajstić information content (AvgIpc) is 3.18. The summed E-state index contributed by atoms with van der Waals surface area (Å²) in [6.45, 7) is 7.44. The number of nitrogens with zero attached hydrogens (tertiary/aromatic N) is 3. The zero-order valence-corrected chi connectivity index (χ0v) is 18.4. The lowest BCUT2D eigenvalue weighted by Crippen LogP contribution is -2.48. The number of carboxylic acid groups (broad SMARTS) is 1. The Kier molecular flexibility index (Phi) is 6.53. The topological polar surface area (TPSA) is 102 Å². The molecule has 0 spiro atoms. The van der Waals surface area contributed by atoms with E-state index < -0.39 is 12.0 Å². The van der Waals surface area contributed by atoms with Crippen molar-refractivity contribution in [2.45, 2.75) is 26.4 Å². The van der Waals surface area contributed by atoms with Crippen LogP contribution in [-0.4, -0.2) is 62.9 Å². The molecule has 1 aromatic carbocycles. The molecule has 168 valence electrons. The molecule has 3 heterocycles. The maximum atomic E-state index is 12.3. The minimum Gasteiger partial charge on any atom is -0.480 e. The number of carbonyl (C=O) groups excluding carboxylic acids is 1. The molecule has 0 unspecified atom stereocenters. The lowest BCUT2D eigenvalue weighted by atomic mass is 10.0. The van der Waals surface area contributed by atoms with Gasteiger partial charge in [-0.25, -0.2) is 0 Å². The van der Waals surface area contributed by atoms with E-state index in [0.29, 0.717) is 18.8 Å². The molecule has 0 aliphatic carbocycles. The summed E-state index contributed by atoms with van der Waals surface area (Å²) < 4.78 is 0. The number of pyridine rings is 1. The Bertz CT molecular complexity index is 1090. The second-order valence-corrected chi connectivity index (χ2v) is 8.56. The van der Waals surface area contributed by atoms with Crippen molar-refractivity contribution < 1.29 is 14.7 Å². The van der Waals surface area contributed by atoms with Crippen LogP contribution in [0.2, 0.25) is 0 Å². The first kappa shape index (κ1) is 22.0. The molecular weight excluding hydrogens is 406 g/mol. The number of nitrogens with one attached hydrogen (secondary N) is 2. The quantitative estimate of drug-likeness (QED) is 0.527. The van der Waals surface area contributed by atoms with Gasteiger partial charge in [-0.05, 0) is 23.8 Å². The van der Waals surface area contributed by atoms with Crippen LogP contribution < -0.4 is 5.32 Å². The highest BCUT2D eigenvalue weighted by Gasteiger charge is 2.32. The molecule has 8 nitrogen and oxygen atoms in total. The van der Waals surface area contributed by atoms with Gasteiger partial charge in [-0.3, -0.25) is 24.4 Å². The van der Waals surface area contributed by atoms with Crippen LogP contribution in [0.4, 0.5) is 5.69 Å². The maximum absolute atomic E-state index is 12.3. The number of benzene rings is 1. The van der Waals surface area contributed by atoms with Gasteiger partial charge in [0, 0.05) is 79.4 Å². The number of aliphatic carboxylic acids is 1. The molecule has 3 N–H and O–H groups in total. The van der Waals surface area contributed by atoms with Gasteiger partial charge in [-0.15, -0.1) is 0 Å². The largest absolute Gasteiger partial charge is 0.480 e. The molecule has 2 aromatic heterocycles. The second-order valence-electron chi connectivity index (χ2n) is 8.56. The van der Waals surface area contributed by atoms with Gasteiger partial charge < -0.3 is 15.4 Å². The third-order valence-corrected chi connectivity index (χ3v) is 5.94. The molecule has 0 radical (unpaired) electrons. The molecule has 0 bridgehead atoms. The zero-order valence-electron chi connectivity index (χ0n) is 18.4. The number of aromatic amines is 1. The number of hydrogen-bond acceptors (Lipinski definition) is 5. The fourth-order valence-electron chi connectivity index (χ4n) is 4.15. The number of amides is 1. The standard InChI is InChI=1S/C24H29N5O3/c1-16(2)23(30)27-18-5-6-19-20(14-26-21(19)12-18)22(24(31)32)29-10-8-28(9-11-29)15-17-4-3-7-25-13-17/h3-7,12-14,16,22,26H,8-11,15H2,1-2H3,(H,27,30)(H,31,32)/t22-/m1/s1. The van der Waals surface area contributed by atoms with Crippen LogP contribution in [0.5, 0.6) is 0 Å². The van der Waals surface area contributed by atoms with Crippen molar-refractivity contribution in [2.75, 3.05) is 31.5 Å². The third-order valence-electron chi connectivity index (χ3n) is 5.94. The van der Waals surface area contributed by atoms with Crippen molar-refractivity contribution >= 4 is 28.5 Å². The maximum Gasteiger partial charge on any atom is 0.325 e. The molecular formula is C24H29N5O3. The summed E-state index contributed by atoms with van der Waals surface area (Å²) in [6.07, 6.45) is 5.41. The van der Waals surface area contributed by atoms with Crippen LogP contribution in [-0.2, 0) is 16.1 Å². The van der Waals surface area contributed by atoms with Crippen LogP contribution in [0.25, 0.3) is 10.9 Å². The summed E-state index contributed by atoms with van der Waals surface area (Å²) in [4.78, 5) is 36.0. The number of piperazine rings is 1. The molecule has 32 heavy (non-hydrogen) atoms. The van der Waals surface area contributed by atoms with E-state index >= 15 is 0 Å². The lowest BCUT2D eigenvalue weighted by molar-refractivity contribution is -0.144. The Morgan fingerprint density at radius 3 is 2.62 bits per heavy atom. The number of anilines is 1. The zero-order chi connectivity index (χ0) is 22.7. The van der Waals surface area contributed by atoms with Crippen LogP contribution in [0.15, 0.2) is 48.9 Å². The number of carbonyl (C=O) groups is 2. The normalized spacial score (nSPS) is 16.3. The van der Waals surface area contributed by atoms with Gasteiger partial charge in [0.15, 0.2) is 0 Å².